The zero-order chi connectivity index (χ0) is 10.9. The van der Waals surface area contributed by atoms with Gasteiger partial charge in [0.25, 0.3) is 0 Å². The SMILES string of the molecule is CCOC(CNc1ccncc1)OCC. The van der Waals surface area contributed by atoms with Crippen LogP contribution < -0.4 is 5.32 Å². The van der Waals surface area contributed by atoms with Gasteiger partial charge in [-0.25, -0.2) is 0 Å². The predicted molar refractivity (Wildman–Crippen MR) is 59.8 cm³/mol. The minimum absolute atomic E-state index is 0.187. The fraction of sp³-hybridized carbons (Fsp3) is 0.545. The van der Waals surface area contributed by atoms with Crippen molar-refractivity contribution in [2.24, 2.45) is 0 Å². The molecule has 0 saturated heterocycles. The van der Waals surface area contributed by atoms with E-state index in [1.807, 2.05) is 26.0 Å². The summed E-state index contributed by atoms with van der Waals surface area (Å²) in [4.78, 5) is 3.94. The standard InChI is InChI=1S/C11H18N2O2/c1-3-14-11(15-4-2)9-13-10-5-7-12-8-6-10/h5-8,11H,3-4,9H2,1-2H3,(H,12,13). The maximum absolute atomic E-state index is 5.40. The minimum atomic E-state index is -0.187. The Balaban J connectivity index is 2.33. The van der Waals surface area contributed by atoms with Gasteiger partial charge in [0, 0.05) is 31.3 Å². The molecular formula is C11H18N2O2. The summed E-state index contributed by atoms with van der Waals surface area (Å²) in [7, 11) is 0. The van der Waals surface area contributed by atoms with Gasteiger partial charge >= 0.3 is 0 Å². The summed E-state index contributed by atoms with van der Waals surface area (Å²) in [6.07, 6.45) is 3.31. The van der Waals surface area contributed by atoms with Gasteiger partial charge in [-0.1, -0.05) is 0 Å². The molecule has 1 heterocycles. The van der Waals surface area contributed by atoms with Gasteiger partial charge in [0.2, 0.25) is 0 Å². The maximum Gasteiger partial charge on any atom is 0.174 e. The Morgan fingerprint density at radius 3 is 2.33 bits per heavy atom. The van der Waals surface area contributed by atoms with Crippen LogP contribution in [0.15, 0.2) is 24.5 Å². The van der Waals surface area contributed by atoms with Crippen LogP contribution in [-0.4, -0.2) is 31.0 Å². The van der Waals surface area contributed by atoms with Gasteiger partial charge in [0.05, 0.1) is 6.54 Å². The van der Waals surface area contributed by atoms with Crippen LogP contribution >= 0.6 is 0 Å². The first-order chi connectivity index (χ1) is 7.36. The second-order valence-corrected chi connectivity index (χ2v) is 2.96. The quantitative estimate of drug-likeness (QED) is 0.698. The largest absolute Gasteiger partial charge is 0.380 e. The number of pyridine rings is 1. The van der Waals surface area contributed by atoms with Crippen LogP contribution in [0.1, 0.15) is 13.8 Å². The van der Waals surface area contributed by atoms with Crippen molar-refractivity contribution in [2.45, 2.75) is 20.1 Å². The second kappa shape index (κ2) is 7.20. The van der Waals surface area contributed by atoms with E-state index in [-0.39, 0.29) is 6.29 Å². The van der Waals surface area contributed by atoms with Crippen molar-refractivity contribution in [1.29, 1.82) is 0 Å². The van der Waals surface area contributed by atoms with E-state index in [9.17, 15) is 0 Å². The van der Waals surface area contributed by atoms with Crippen LogP contribution in [0.2, 0.25) is 0 Å². The highest BCUT2D eigenvalue weighted by atomic mass is 16.7. The van der Waals surface area contributed by atoms with Crippen LogP contribution in [0.4, 0.5) is 5.69 Å². The van der Waals surface area contributed by atoms with Crippen LogP contribution in [0.3, 0.4) is 0 Å². The van der Waals surface area contributed by atoms with E-state index < -0.39 is 0 Å². The third-order valence-electron chi connectivity index (χ3n) is 1.86. The highest BCUT2D eigenvalue weighted by Crippen LogP contribution is 2.04. The first-order valence-electron chi connectivity index (χ1n) is 5.24. The molecule has 0 atom stereocenters. The molecule has 1 rings (SSSR count). The molecule has 0 amide bonds. The minimum Gasteiger partial charge on any atom is -0.380 e. The topological polar surface area (TPSA) is 43.4 Å². The molecule has 0 unspecified atom stereocenters. The predicted octanol–water partition coefficient (Wildman–Crippen LogP) is 1.89. The summed E-state index contributed by atoms with van der Waals surface area (Å²) in [6.45, 7) is 5.87. The third-order valence-corrected chi connectivity index (χ3v) is 1.86. The molecule has 15 heavy (non-hydrogen) atoms. The van der Waals surface area contributed by atoms with Gasteiger partial charge in [-0.05, 0) is 26.0 Å². The van der Waals surface area contributed by atoms with Crippen molar-refractivity contribution in [1.82, 2.24) is 4.98 Å². The van der Waals surface area contributed by atoms with E-state index in [0.717, 1.165) is 5.69 Å². The number of anilines is 1. The third kappa shape index (κ3) is 4.76. The molecule has 0 bridgehead atoms. The maximum atomic E-state index is 5.40. The lowest BCUT2D eigenvalue weighted by Crippen LogP contribution is -2.26. The van der Waals surface area contributed by atoms with Crippen molar-refractivity contribution in [2.75, 3.05) is 25.1 Å². The lowest BCUT2D eigenvalue weighted by atomic mass is 10.4. The van der Waals surface area contributed by atoms with Crippen molar-refractivity contribution in [3.63, 3.8) is 0 Å². The normalized spacial score (nSPS) is 10.6. The van der Waals surface area contributed by atoms with Gasteiger partial charge in [0.1, 0.15) is 0 Å². The van der Waals surface area contributed by atoms with E-state index in [0.29, 0.717) is 19.8 Å². The molecule has 1 aromatic heterocycles. The molecule has 0 aliphatic heterocycles. The summed E-state index contributed by atoms with van der Waals surface area (Å²) >= 11 is 0. The number of nitrogens with one attached hydrogen (secondary N) is 1. The average Bonchev–Trinajstić information content (AvgIpc) is 2.28. The lowest BCUT2D eigenvalue weighted by molar-refractivity contribution is -0.126. The van der Waals surface area contributed by atoms with Crippen molar-refractivity contribution < 1.29 is 9.47 Å². The summed E-state index contributed by atoms with van der Waals surface area (Å²) < 4.78 is 10.8. The van der Waals surface area contributed by atoms with E-state index in [1.165, 1.54) is 0 Å². The van der Waals surface area contributed by atoms with Crippen LogP contribution in [0.5, 0.6) is 0 Å². The van der Waals surface area contributed by atoms with Crippen LogP contribution in [0.25, 0.3) is 0 Å². The number of ether oxygens (including phenoxy) is 2. The number of hydrogen-bond donors (Lipinski definition) is 1. The Morgan fingerprint density at radius 1 is 1.20 bits per heavy atom. The fourth-order valence-corrected chi connectivity index (χ4v) is 1.21. The smallest absolute Gasteiger partial charge is 0.174 e. The van der Waals surface area contributed by atoms with Gasteiger partial charge < -0.3 is 14.8 Å². The molecule has 84 valence electrons. The molecule has 0 radical (unpaired) electrons. The molecule has 0 spiro atoms. The lowest BCUT2D eigenvalue weighted by Gasteiger charge is -2.17. The Labute approximate surface area is 90.6 Å². The number of nitrogens with zero attached hydrogens (tertiary/aromatic N) is 1. The summed E-state index contributed by atoms with van der Waals surface area (Å²) in [5.41, 5.74) is 1.02. The number of aromatic nitrogens is 1. The molecule has 1 N–H and O–H groups in total. The average molecular weight is 210 g/mol. The number of rotatable bonds is 7. The second-order valence-electron chi connectivity index (χ2n) is 2.96. The molecule has 0 fully saturated rings. The number of hydrogen-bond acceptors (Lipinski definition) is 4. The Bertz CT molecular complexity index is 248. The van der Waals surface area contributed by atoms with E-state index in [4.69, 9.17) is 9.47 Å². The van der Waals surface area contributed by atoms with E-state index in [2.05, 4.69) is 10.3 Å². The molecular weight excluding hydrogens is 192 g/mol. The van der Waals surface area contributed by atoms with Crippen molar-refractivity contribution >= 4 is 5.69 Å². The van der Waals surface area contributed by atoms with E-state index >= 15 is 0 Å². The highest BCUT2D eigenvalue weighted by Gasteiger charge is 2.06. The molecule has 0 aliphatic rings. The van der Waals surface area contributed by atoms with Gasteiger partial charge in [0.15, 0.2) is 6.29 Å². The zero-order valence-electron chi connectivity index (χ0n) is 9.27. The molecule has 0 aliphatic carbocycles. The highest BCUT2D eigenvalue weighted by molar-refractivity contribution is 5.40. The fourth-order valence-electron chi connectivity index (χ4n) is 1.21. The van der Waals surface area contributed by atoms with Crippen LogP contribution in [0, 0.1) is 0 Å². The first kappa shape index (κ1) is 11.9. The Kier molecular flexibility index (Phi) is 5.73. The van der Waals surface area contributed by atoms with Gasteiger partial charge in [-0.3, -0.25) is 4.98 Å². The van der Waals surface area contributed by atoms with Gasteiger partial charge in [-0.15, -0.1) is 0 Å². The molecule has 0 saturated carbocycles. The molecule has 0 aromatic carbocycles. The molecule has 4 heteroatoms. The zero-order valence-corrected chi connectivity index (χ0v) is 9.27. The summed E-state index contributed by atoms with van der Waals surface area (Å²) in [5, 5.41) is 3.22. The van der Waals surface area contributed by atoms with Gasteiger partial charge in [-0.2, -0.15) is 0 Å². The monoisotopic (exact) mass is 210 g/mol. The van der Waals surface area contributed by atoms with Crippen molar-refractivity contribution in [3.05, 3.63) is 24.5 Å². The van der Waals surface area contributed by atoms with Crippen LogP contribution in [-0.2, 0) is 9.47 Å². The summed E-state index contributed by atoms with van der Waals surface area (Å²) in [6, 6.07) is 3.82. The Morgan fingerprint density at radius 2 is 1.80 bits per heavy atom. The molecule has 4 nitrogen and oxygen atoms in total. The Hall–Kier alpha value is -1.13. The van der Waals surface area contributed by atoms with Crippen molar-refractivity contribution in [3.8, 4) is 0 Å². The van der Waals surface area contributed by atoms with E-state index in [1.54, 1.807) is 12.4 Å². The summed E-state index contributed by atoms with van der Waals surface area (Å²) in [5.74, 6) is 0. The molecule has 1 aromatic rings. The first-order valence-corrected chi connectivity index (χ1v) is 5.24.